The Kier molecular flexibility index (Phi) is 5.36. The highest BCUT2D eigenvalue weighted by Gasteiger charge is 2.05. The highest BCUT2D eigenvalue weighted by Crippen LogP contribution is 2.21. The van der Waals surface area contributed by atoms with Crippen molar-refractivity contribution in [1.29, 1.82) is 0 Å². The summed E-state index contributed by atoms with van der Waals surface area (Å²) < 4.78 is 5.36. The highest BCUT2D eigenvalue weighted by atomic mass is 35.5. The minimum absolute atomic E-state index is 0.118. The lowest BCUT2D eigenvalue weighted by Gasteiger charge is -2.04. The zero-order valence-electron chi connectivity index (χ0n) is 13.8. The molecule has 0 aliphatic heterocycles. The fourth-order valence-corrected chi connectivity index (χ4v) is 2.65. The van der Waals surface area contributed by atoms with E-state index in [1.165, 1.54) is 5.56 Å². The van der Waals surface area contributed by atoms with Gasteiger partial charge in [-0.3, -0.25) is 4.79 Å². The first-order valence-electron chi connectivity index (χ1n) is 7.96. The van der Waals surface area contributed by atoms with Crippen LogP contribution in [0.2, 0.25) is 5.02 Å². The van der Waals surface area contributed by atoms with Gasteiger partial charge in [-0.15, -0.1) is 0 Å². The second kappa shape index (κ2) is 7.85. The maximum absolute atomic E-state index is 11.8. The summed E-state index contributed by atoms with van der Waals surface area (Å²) in [6.45, 7) is 2.00. The Labute approximate surface area is 150 Å². The summed E-state index contributed by atoms with van der Waals surface area (Å²) in [4.78, 5) is 15.0. The van der Waals surface area contributed by atoms with Crippen LogP contribution in [0.5, 0.6) is 5.75 Å². The Morgan fingerprint density at radius 3 is 2.84 bits per heavy atom. The number of hydrogen-bond donors (Lipinski definition) is 2. The van der Waals surface area contributed by atoms with Crippen molar-refractivity contribution in [3.05, 3.63) is 64.8 Å². The number of nitrogens with zero attached hydrogens (tertiary/aromatic N) is 1. The van der Waals surface area contributed by atoms with Crippen molar-refractivity contribution in [2.24, 2.45) is 5.10 Å². The van der Waals surface area contributed by atoms with Gasteiger partial charge in [0.2, 0.25) is 0 Å². The predicted molar refractivity (Wildman–Crippen MR) is 100 cm³/mol. The fraction of sp³-hybridized carbons (Fsp3) is 0.158. The molecule has 3 aromatic rings. The number of ether oxygens (including phenoxy) is 1. The Balaban J connectivity index is 1.57. The Hall–Kier alpha value is -2.79. The second-order valence-corrected chi connectivity index (χ2v) is 5.91. The number of H-pyrrole nitrogens is 1. The molecule has 1 amide bonds. The van der Waals surface area contributed by atoms with Crippen LogP contribution in [0, 0.1) is 0 Å². The quantitative estimate of drug-likeness (QED) is 0.520. The lowest BCUT2D eigenvalue weighted by molar-refractivity contribution is -0.123. The molecule has 0 aliphatic rings. The van der Waals surface area contributed by atoms with Crippen molar-refractivity contribution in [2.45, 2.75) is 13.3 Å². The van der Waals surface area contributed by atoms with Crippen LogP contribution in [0.25, 0.3) is 10.9 Å². The standard InChI is InChI=1S/C19H18ClN3O2/c1-2-13-4-3-5-17-14(10-21-19(13)17)11-22-23-18(24)12-25-16-8-6-15(20)7-9-16/h3-11,21H,2,12H2,1H3,(H,23,24)/b22-11+. The molecule has 0 fully saturated rings. The van der Waals surface area contributed by atoms with Crippen LogP contribution in [0.15, 0.2) is 53.8 Å². The molecule has 0 aliphatic carbocycles. The number of aromatic amines is 1. The SMILES string of the molecule is CCc1cccc2c(/C=N/NC(=O)COc3ccc(Cl)cc3)c[nH]c12. The summed E-state index contributed by atoms with van der Waals surface area (Å²) >= 11 is 5.80. The molecule has 0 atom stereocenters. The van der Waals surface area contributed by atoms with Gasteiger partial charge in [0.15, 0.2) is 6.61 Å². The fourth-order valence-electron chi connectivity index (χ4n) is 2.53. The summed E-state index contributed by atoms with van der Waals surface area (Å²) in [5.74, 6) is 0.243. The Morgan fingerprint density at radius 2 is 2.08 bits per heavy atom. The molecular formula is C19H18ClN3O2. The van der Waals surface area contributed by atoms with Crippen LogP contribution < -0.4 is 10.2 Å². The van der Waals surface area contributed by atoms with Crippen LogP contribution in [-0.2, 0) is 11.2 Å². The largest absolute Gasteiger partial charge is 0.484 e. The third-order valence-corrected chi connectivity index (χ3v) is 4.04. The van der Waals surface area contributed by atoms with Gasteiger partial charge >= 0.3 is 0 Å². The van der Waals surface area contributed by atoms with E-state index < -0.39 is 0 Å². The molecule has 3 rings (SSSR count). The molecule has 5 nitrogen and oxygen atoms in total. The van der Waals surface area contributed by atoms with E-state index in [0.29, 0.717) is 10.8 Å². The van der Waals surface area contributed by atoms with Gasteiger partial charge in [-0.25, -0.2) is 5.43 Å². The van der Waals surface area contributed by atoms with Crippen LogP contribution in [-0.4, -0.2) is 23.7 Å². The molecule has 0 radical (unpaired) electrons. The van der Waals surface area contributed by atoms with Gasteiger partial charge in [-0.1, -0.05) is 36.7 Å². The van der Waals surface area contributed by atoms with Crippen LogP contribution in [0.3, 0.4) is 0 Å². The highest BCUT2D eigenvalue weighted by molar-refractivity contribution is 6.30. The molecule has 0 spiro atoms. The van der Waals surface area contributed by atoms with Gasteiger partial charge < -0.3 is 9.72 Å². The molecule has 1 aromatic heterocycles. The zero-order valence-corrected chi connectivity index (χ0v) is 14.5. The van der Waals surface area contributed by atoms with Crippen molar-refractivity contribution in [2.75, 3.05) is 6.61 Å². The third-order valence-electron chi connectivity index (χ3n) is 3.79. The number of hydrogen-bond acceptors (Lipinski definition) is 3. The number of rotatable bonds is 6. The van der Waals surface area contributed by atoms with E-state index in [4.69, 9.17) is 16.3 Å². The van der Waals surface area contributed by atoms with Crippen LogP contribution in [0.1, 0.15) is 18.1 Å². The van der Waals surface area contributed by atoms with Gasteiger partial charge in [0.1, 0.15) is 5.75 Å². The van der Waals surface area contributed by atoms with E-state index >= 15 is 0 Å². The molecule has 0 saturated carbocycles. The van der Waals surface area contributed by atoms with Crippen LogP contribution >= 0.6 is 11.6 Å². The molecule has 0 unspecified atom stereocenters. The Morgan fingerprint density at radius 1 is 1.28 bits per heavy atom. The van der Waals surface area contributed by atoms with Gasteiger partial charge in [0, 0.05) is 27.7 Å². The monoisotopic (exact) mass is 355 g/mol. The van der Waals surface area contributed by atoms with Crippen molar-refractivity contribution >= 4 is 34.6 Å². The molecule has 2 N–H and O–H groups in total. The number of amides is 1. The average Bonchev–Trinajstić information content (AvgIpc) is 3.04. The lowest BCUT2D eigenvalue weighted by atomic mass is 10.1. The first-order valence-corrected chi connectivity index (χ1v) is 8.34. The topological polar surface area (TPSA) is 66.5 Å². The maximum Gasteiger partial charge on any atom is 0.277 e. The van der Waals surface area contributed by atoms with Crippen LogP contribution in [0.4, 0.5) is 0 Å². The van der Waals surface area contributed by atoms with Crippen molar-refractivity contribution in [1.82, 2.24) is 10.4 Å². The number of carbonyl (C=O) groups excluding carboxylic acids is 1. The second-order valence-electron chi connectivity index (χ2n) is 5.47. The molecule has 25 heavy (non-hydrogen) atoms. The number of halogens is 1. The number of aromatic nitrogens is 1. The predicted octanol–water partition coefficient (Wildman–Crippen LogP) is 3.91. The average molecular weight is 356 g/mol. The normalized spacial score (nSPS) is 11.1. The van der Waals surface area contributed by atoms with Gasteiger partial charge in [-0.2, -0.15) is 5.10 Å². The summed E-state index contributed by atoms with van der Waals surface area (Å²) in [6, 6.07) is 13.0. The van der Waals surface area contributed by atoms with Gasteiger partial charge in [0.05, 0.1) is 6.21 Å². The number of para-hydroxylation sites is 1. The summed E-state index contributed by atoms with van der Waals surface area (Å²) in [5, 5.41) is 5.70. The van der Waals surface area contributed by atoms with Crippen molar-refractivity contribution in [3.8, 4) is 5.75 Å². The first kappa shape index (κ1) is 17.0. The molecule has 128 valence electrons. The number of hydrazone groups is 1. The summed E-state index contributed by atoms with van der Waals surface area (Å²) in [7, 11) is 0. The van der Waals surface area contributed by atoms with Crippen molar-refractivity contribution in [3.63, 3.8) is 0 Å². The zero-order chi connectivity index (χ0) is 17.6. The molecule has 6 heteroatoms. The van der Waals surface area contributed by atoms with E-state index in [-0.39, 0.29) is 12.5 Å². The van der Waals surface area contributed by atoms with E-state index in [1.807, 2.05) is 18.3 Å². The maximum atomic E-state index is 11.8. The lowest BCUT2D eigenvalue weighted by Crippen LogP contribution is -2.24. The van der Waals surface area contributed by atoms with Gasteiger partial charge in [-0.05, 0) is 36.2 Å². The minimum Gasteiger partial charge on any atom is -0.484 e. The number of fused-ring (bicyclic) bond motifs is 1. The van der Waals surface area contributed by atoms with E-state index in [2.05, 4.69) is 28.5 Å². The van der Waals surface area contributed by atoms with E-state index in [9.17, 15) is 4.79 Å². The third kappa shape index (κ3) is 4.19. The number of carbonyl (C=O) groups is 1. The van der Waals surface area contributed by atoms with E-state index in [0.717, 1.165) is 22.9 Å². The summed E-state index contributed by atoms with van der Waals surface area (Å²) in [6.07, 6.45) is 4.45. The van der Waals surface area contributed by atoms with Gasteiger partial charge in [0.25, 0.3) is 5.91 Å². The molecule has 0 saturated heterocycles. The Bertz CT molecular complexity index is 901. The summed E-state index contributed by atoms with van der Waals surface area (Å²) in [5.41, 5.74) is 5.73. The number of nitrogens with one attached hydrogen (secondary N) is 2. The number of benzene rings is 2. The molecule has 2 aromatic carbocycles. The first-order chi connectivity index (χ1) is 12.2. The minimum atomic E-state index is -0.333. The van der Waals surface area contributed by atoms with Crippen molar-refractivity contribution < 1.29 is 9.53 Å². The molecular weight excluding hydrogens is 338 g/mol. The number of aryl methyl sites for hydroxylation is 1. The van der Waals surface area contributed by atoms with E-state index in [1.54, 1.807) is 30.5 Å². The molecule has 1 heterocycles. The molecule has 0 bridgehead atoms. The smallest absolute Gasteiger partial charge is 0.277 e.